The van der Waals surface area contributed by atoms with E-state index in [0.717, 1.165) is 12.2 Å². The Morgan fingerprint density at radius 3 is 2.53 bits per heavy atom. The molecule has 1 aromatic carbocycles. The largest absolute Gasteiger partial charge is 0.494 e. The average molecular weight is 418 g/mol. The van der Waals surface area contributed by atoms with Gasteiger partial charge < -0.3 is 14.6 Å². The van der Waals surface area contributed by atoms with Crippen molar-refractivity contribution in [3.63, 3.8) is 0 Å². The third-order valence-corrected chi connectivity index (χ3v) is 4.44. The number of ketones is 1. The van der Waals surface area contributed by atoms with Crippen molar-refractivity contribution in [2.24, 2.45) is 0 Å². The number of carboxylic acids is 1. The van der Waals surface area contributed by atoms with Crippen molar-refractivity contribution < 1.29 is 24.2 Å². The molecule has 0 radical (unpaired) electrons. The van der Waals surface area contributed by atoms with Crippen molar-refractivity contribution in [3.05, 3.63) is 30.1 Å². The van der Waals surface area contributed by atoms with Crippen LogP contribution in [0.1, 0.15) is 58.2 Å². The van der Waals surface area contributed by atoms with E-state index in [0.29, 0.717) is 31.0 Å². The van der Waals surface area contributed by atoms with Gasteiger partial charge in [-0.1, -0.05) is 26.2 Å². The average Bonchev–Trinajstić information content (AvgIpc) is 3.16. The highest BCUT2D eigenvalue weighted by molar-refractivity contribution is 5.82. The number of hydrogen-bond donors (Lipinski definition) is 1. The second-order valence-electron chi connectivity index (χ2n) is 7.09. The highest BCUT2D eigenvalue weighted by Gasteiger charge is 2.17. The first-order valence-corrected chi connectivity index (χ1v) is 10.4. The van der Waals surface area contributed by atoms with E-state index in [1.54, 1.807) is 19.1 Å². The lowest BCUT2D eigenvalue weighted by Gasteiger charge is -2.14. The van der Waals surface area contributed by atoms with E-state index < -0.39 is 12.1 Å². The molecule has 1 heterocycles. The molecule has 0 fully saturated rings. The van der Waals surface area contributed by atoms with Crippen molar-refractivity contribution in [2.45, 2.75) is 71.4 Å². The monoisotopic (exact) mass is 418 g/mol. The number of carbonyl (C=O) groups is 2. The first kappa shape index (κ1) is 23.3. The zero-order valence-corrected chi connectivity index (χ0v) is 17.6. The summed E-state index contributed by atoms with van der Waals surface area (Å²) in [7, 11) is 0. The van der Waals surface area contributed by atoms with Gasteiger partial charge in [0.15, 0.2) is 17.7 Å². The molecule has 0 spiro atoms. The second kappa shape index (κ2) is 12.6. The molecular weight excluding hydrogens is 388 g/mol. The van der Waals surface area contributed by atoms with Crippen molar-refractivity contribution in [2.75, 3.05) is 6.61 Å². The highest BCUT2D eigenvalue weighted by Crippen LogP contribution is 2.19. The number of carbonyl (C=O) groups excluding carboxylic acids is 1. The summed E-state index contributed by atoms with van der Waals surface area (Å²) in [6.07, 6.45) is 4.82. The molecule has 0 aliphatic carbocycles. The predicted octanol–water partition coefficient (Wildman–Crippen LogP) is 3.08. The molecule has 1 N–H and O–H groups in total. The number of aliphatic carboxylic acids is 1. The van der Waals surface area contributed by atoms with E-state index in [4.69, 9.17) is 14.6 Å². The Kier molecular flexibility index (Phi) is 9.76. The Morgan fingerprint density at radius 1 is 1.10 bits per heavy atom. The molecule has 2 aromatic rings. The zero-order valence-electron chi connectivity index (χ0n) is 17.6. The molecule has 9 nitrogen and oxygen atoms in total. The molecule has 0 saturated carbocycles. The zero-order chi connectivity index (χ0) is 21.8. The van der Waals surface area contributed by atoms with Crippen molar-refractivity contribution >= 4 is 11.8 Å². The molecule has 0 saturated heterocycles. The molecule has 0 bridgehead atoms. The molecule has 2 rings (SSSR count). The van der Waals surface area contributed by atoms with Crippen LogP contribution < -0.4 is 9.47 Å². The van der Waals surface area contributed by atoms with Crippen molar-refractivity contribution in [1.82, 2.24) is 20.2 Å². The summed E-state index contributed by atoms with van der Waals surface area (Å²) in [6.45, 7) is 4.48. The molecule has 9 heteroatoms. The van der Waals surface area contributed by atoms with Gasteiger partial charge in [-0.2, -0.15) is 4.80 Å². The fraction of sp³-hybridized carbons (Fsp3) is 0.571. The van der Waals surface area contributed by atoms with E-state index in [2.05, 4.69) is 22.3 Å². The van der Waals surface area contributed by atoms with E-state index >= 15 is 0 Å². The van der Waals surface area contributed by atoms with E-state index in [1.165, 1.54) is 24.1 Å². The van der Waals surface area contributed by atoms with Crippen LogP contribution >= 0.6 is 0 Å². The maximum atomic E-state index is 12.4. The summed E-state index contributed by atoms with van der Waals surface area (Å²) >= 11 is 0. The second-order valence-corrected chi connectivity index (χ2v) is 7.09. The normalized spacial score (nSPS) is 11.8. The van der Waals surface area contributed by atoms with Gasteiger partial charge in [-0.25, -0.2) is 0 Å². The Labute approximate surface area is 176 Å². The number of hydrogen-bond acceptors (Lipinski definition) is 7. The van der Waals surface area contributed by atoms with Crippen LogP contribution in [0.4, 0.5) is 0 Å². The van der Waals surface area contributed by atoms with Gasteiger partial charge in [0.1, 0.15) is 18.0 Å². The van der Waals surface area contributed by atoms with E-state index in [9.17, 15) is 9.59 Å². The summed E-state index contributed by atoms with van der Waals surface area (Å²) in [5.74, 6) is 0.717. The van der Waals surface area contributed by atoms with Crippen LogP contribution in [0.2, 0.25) is 0 Å². The number of tetrazole rings is 1. The summed E-state index contributed by atoms with van der Waals surface area (Å²) in [5.41, 5.74) is 0. The van der Waals surface area contributed by atoms with Crippen molar-refractivity contribution in [3.8, 4) is 11.5 Å². The van der Waals surface area contributed by atoms with Gasteiger partial charge in [0.2, 0.25) is 0 Å². The first-order chi connectivity index (χ1) is 14.5. The predicted molar refractivity (Wildman–Crippen MR) is 110 cm³/mol. The summed E-state index contributed by atoms with van der Waals surface area (Å²) in [6, 6.07) is 7.21. The minimum atomic E-state index is -0.866. The Bertz CT molecular complexity index is 791. The number of rotatable bonds is 15. The van der Waals surface area contributed by atoms with Crippen LogP contribution in [0.3, 0.4) is 0 Å². The molecule has 0 aliphatic rings. The number of carboxylic acid groups (broad SMARTS) is 1. The Hall–Kier alpha value is -2.97. The van der Waals surface area contributed by atoms with Crippen LogP contribution in [0.15, 0.2) is 24.3 Å². The number of unbranched alkanes of at least 4 members (excludes halogenated alkanes) is 3. The van der Waals surface area contributed by atoms with Crippen molar-refractivity contribution in [1.29, 1.82) is 0 Å². The topological polar surface area (TPSA) is 116 Å². The molecule has 1 aromatic heterocycles. The minimum absolute atomic E-state index is 0.0427. The van der Waals surface area contributed by atoms with Gasteiger partial charge in [0, 0.05) is 12.8 Å². The summed E-state index contributed by atoms with van der Waals surface area (Å²) in [5, 5.41) is 20.4. The molecular formula is C21H30N4O5. The van der Waals surface area contributed by atoms with Gasteiger partial charge in [-0.05, 0) is 49.2 Å². The maximum absolute atomic E-state index is 12.4. The van der Waals surface area contributed by atoms with Gasteiger partial charge in [0.05, 0.1) is 6.61 Å². The SMILES string of the molecule is CCCCCCOc1ccc(OC(C)C(=O)Cn2nnc(CCCC(=O)O)n2)cc1. The molecule has 30 heavy (non-hydrogen) atoms. The number of ether oxygens (including phenoxy) is 2. The third kappa shape index (κ3) is 8.59. The van der Waals surface area contributed by atoms with Gasteiger partial charge in [-0.3, -0.25) is 9.59 Å². The number of benzene rings is 1. The standard InChI is InChI=1S/C21H30N4O5/c1-3-4-5-6-14-29-17-10-12-18(13-11-17)30-16(2)19(26)15-25-23-20(22-24-25)8-7-9-21(27)28/h10-13,16H,3-9,14-15H2,1-2H3,(H,27,28). The van der Waals surface area contributed by atoms with Gasteiger partial charge in [0.25, 0.3) is 0 Å². The molecule has 0 amide bonds. The molecule has 1 atom stereocenters. The number of aryl methyl sites for hydroxylation is 1. The van der Waals surface area contributed by atoms with Gasteiger partial charge in [-0.15, -0.1) is 10.2 Å². The third-order valence-electron chi connectivity index (χ3n) is 4.44. The lowest BCUT2D eigenvalue weighted by atomic mass is 10.2. The van der Waals surface area contributed by atoms with Crippen LogP contribution in [-0.2, 0) is 22.6 Å². The Balaban J connectivity index is 1.74. The number of aromatic nitrogens is 4. The first-order valence-electron chi connectivity index (χ1n) is 10.4. The maximum Gasteiger partial charge on any atom is 0.303 e. The molecule has 164 valence electrons. The highest BCUT2D eigenvalue weighted by atomic mass is 16.5. The number of nitrogens with zero attached hydrogens (tertiary/aromatic N) is 4. The number of Topliss-reactive ketones (excluding diaryl/α,β-unsaturated/α-hetero) is 1. The minimum Gasteiger partial charge on any atom is -0.494 e. The molecule has 0 aliphatic heterocycles. The van der Waals surface area contributed by atoms with Crippen LogP contribution in [0, 0.1) is 0 Å². The fourth-order valence-corrected chi connectivity index (χ4v) is 2.71. The smallest absolute Gasteiger partial charge is 0.303 e. The van der Waals surface area contributed by atoms with Crippen LogP contribution in [-0.4, -0.2) is 49.8 Å². The quantitative estimate of drug-likeness (QED) is 0.439. The fourth-order valence-electron chi connectivity index (χ4n) is 2.71. The van der Waals surface area contributed by atoms with Crippen LogP contribution in [0.5, 0.6) is 11.5 Å². The lowest BCUT2D eigenvalue weighted by molar-refractivity contribution is -0.137. The molecule has 1 unspecified atom stereocenters. The Morgan fingerprint density at radius 2 is 1.83 bits per heavy atom. The summed E-state index contributed by atoms with van der Waals surface area (Å²) < 4.78 is 11.4. The lowest BCUT2D eigenvalue weighted by Crippen LogP contribution is -2.28. The summed E-state index contributed by atoms with van der Waals surface area (Å²) in [4.78, 5) is 24.1. The van der Waals surface area contributed by atoms with E-state index in [-0.39, 0.29) is 18.7 Å². The van der Waals surface area contributed by atoms with E-state index in [1.807, 2.05) is 12.1 Å². The van der Waals surface area contributed by atoms with Crippen LogP contribution in [0.25, 0.3) is 0 Å². The van der Waals surface area contributed by atoms with Gasteiger partial charge >= 0.3 is 5.97 Å².